The lowest BCUT2D eigenvalue weighted by Crippen LogP contribution is -2.07. The lowest BCUT2D eigenvalue weighted by atomic mass is 9.93. The van der Waals surface area contributed by atoms with Crippen molar-refractivity contribution >= 4 is 9.84 Å². The highest BCUT2D eigenvalue weighted by atomic mass is 32.2. The van der Waals surface area contributed by atoms with Crippen molar-refractivity contribution in [2.24, 2.45) is 0 Å². The lowest BCUT2D eigenvalue weighted by Gasteiger charge is -2.15. The van der Waals surface area contributed by atoms with Gasteiger partial charge in [0.15, 0.2) is 9.84 Å². The van der Waals surface area contributed by atoms with Gasteiger partial charge in [0.1, 0.15) is 0 Å². The maximum Gasteiger partial charge on any atom is 0.181 e. The molecular formula is C12H14O2S. The van der Waals surface area contributed by atoms with Crippen molar-refractivity contribution in [2.45, 2.75) is 24.2 Å². The second kappa shape index (κ2) is 4.19. The summed E-state index contributed by atoms with van der Waals surface area (Å²) in [5.74, 6) is 0.145. The van der Waals surface area contributed by atoms with Gasteiger partial charge in [-0.25, -0.2) is 8.42 Å². The van der Waals surface area contributed by atoms with Gasteiger partial charge in [0.25, 0.3) is 0 Å². The standard InChI is InChI=1S/C12H14O2S/c13-15(14,10-9-11-5-4-6-11)12-7-2-1-3-8-12/h1-3,7-9H,4-6,10H2. The maximum atomic E-state index is 11.8. The first-order valence-corrected chi connectivity index (χ1v) is 6.79. The van der Waals surface area contributed by atoms with Crippen LogP contribution < -0.4 is 0 Å². The predicted molar refractivity (Wildman–Crippen MR) is 60.4 cm³/mol. The van der Waals surface area contributed by atoms with Crippen molar-refractivity contribution in [1.29, 1.82) is 0 Å². The van der Waals surface area contributed by atoms with Crippen LogP contribution in [-0.2, 0) is 9.84 Å². The molecule has 1 aromatic rings. The van der Waals surface area contributed by atoms with E-state index in [9.17, 15) is 8.42 Å². The molecule has 15 heavy (non-hydrogen) atoms. The molecule has 1 aliphatic carbocycles. The zero-order chi connectivity index (χ0) is 10.7. The fourth-order valence-corrected chi connectivity index (χ4v) is 2.76. The van der Waals surface area contributed by atoms with Crippen molar-refractivity contribution in [1.82, 2.24) is 0 Å². The Morgan fingerprint density at radius 2 is 1.80 bits per heavy atom. The van der Waals surface area contributed by atoms with Gasteiger partial charge in [-0.15, -0.1) is 0 Å². The first-order valence-electron chi connectivity index (χ1n) is 5.14. The summed E-state index contributed by atoms with van der Waals surface area (Å²) in [6, 6.07) is 8.62. The van der Waals surface area contributed by atoms with Crippen LogP contribution in [0, 0.1) is 0 Å². The van der Waals surface area contributed by atoms with Crippen LogP contribution in [0.2, 0.25) is 0 Å². The van der Waals surface area contributed by atoms with E-state index in [-0.39, 0.29) is 5.75 Å². The molecule has 0 amide bonds. The monoisotopic (exact) mass is 222 g/mol. The molecule has 0 aliphatic heterocycles. The molecule has 0 aromatic heterocycles. The van der Waals surface area contributed by atoms with Crippen molar-refractivity contribution in [2.75, 3.05) is 5.75 Å². The lowest BCUT2D eigenvalue weighted by molar-refractivity contribution is 0.597. The molecule has 0 bridgehead atoms. The molecule has 0 N–H and O–H groups in total. The van der Waals surface area contributed by atoms with Crippen LogP contribution in [0.5, 0.6) is 0 Å². The van der Waals surface area contributed by atoms with Crippen molar-refractivity contribution in [3.8, 4) is 0 Å². The average molecular weight is 222 g/mol. The van der Waals surface area contributed by atoms with Gasteiger partial charge in [-0.1, -0.05) is 29.8 Å². The Morgan fingerprint density at radius 3 is 2.33 bits per heavy atom. The highest BCUT2D eigenvalue weighted by Crippen LogP contribution is 2.25. The van der Waals surface area contributed by atoms with Gasteiger partial charge in [0, 0.05) is 0 Å². The number of allylic oxidation sites excluding steroid dienone is 1. The predicted octanol–water partition coefficient (Wildman–Crippen LogP) is 2.57. The molecule has 1 aliphatic rings. The van der Waals surface area contributed by atoms with Gasteiger partial charge in [-0.2, -0.15) is 0 Å². The number of benzene rings is 1. The second-order valence-electron chi connectivity index (χ2n) is 3.81. The Hall–Kier alpha value is -1.09. The van der Waals surface area contributed by atoms with E-state index in [0.29, 0.717) is 4.90 Å². The molecule has 2 rings (SSSR count). The Bertz CT molecular complexity index is 452. The van der Waals surface area contributed by atoms with Crippen molar-refractivity contribution < 1.29 is 8.42 Å². The maximum absolute atomic E-state index is 11.8. The third-order valence-corrected chi connectivity index (χ3v) is 4.29. The van der Waals surface area contributed by atoms with E-state index in [4.69, 9.17) is 0 Å². The van der Waals surface area contributed by atoms with Gasteiger partial charge >= 0.3 is 0 Å². The van der Waals surface area contributed by atoms with Gasteiger partial charge < -0.3 is 0 Å². The van der Waals surface area contributed by atoms with Gasteiger partial charge in [0.05, 0.1) is 10.6 Å². The van der Waals surface area contributed by atoms with Gasteiger partial charge in [0.2, 0.25) is 0 Å². The minimum Gasteiger partial charge on any atom is -0.223 e. The van der Waals surface area contributed by atoms with Gasteiger partial charge in [-0.3, -0.25) is 0 Å². The Morgan fingerprint density at radius 1 is 1.13 bits per heavy atom. The van der Waals surface area contributed by atoms with E-state index < -0.39 is 9.84 Å². The summed E-state index contributed by atoms with van der Waals surface area (Å²) in [4.78, 5) is 0.418. The highest BCUT2D eigenvalue weighted by Gasteiger charge is 2.14. The van der Waals surface area contributed by atoms with Crippen LogP contribution in [0.3, 0.4) is 0 Å². The molecule has 0 saturated heterocycles. The quantitative estimate of drug-likeness (QED) is 0.737. The van der Waals surface area contributed by atoms with Crippen LogP contribution >= 0.6 is 0 Å². The van der Waals surface area contributed by atoms with Crippen LogP contribution in [0.1, 0.15) is 19.3 Å². The van der Waals surface area contributed by atoms with Crippen LogP contribution in [-0.4, -0.2) is 14.2 Å². The summed E-state index contributed by atoms with van der Waals surface area (Å²) < 4.78 is 23.7. The average Bonchev–Trinajstić information content (AvgIpc) is 2.16. The molecule has 0 unspecified atom stereocenters. The Labute approximate surface area is 90.6 Å². The summed E-state index contributed by atoms with van der Waals surface area (Å²) >= 11 is 0. The fraction of sp³-hybridized carbons (Fsp3) is 0.333. The van der Waals surface area contributed by atoms with E-state index in [1.807, 2.05) is 12.1 Å². The number of hydrogen-bond donors (Lipinski definition) is 0. The molecule has 1 saturated carbocycles. The molecule has 2 nitrogen and oxygen atoms in total. The summed E-state index contributed by atoms with van der Waals surface area (Å²) in [6.45, 7) is 0. The summed E-state index contributed by atoms with van der Waals surface area (Å²) in [5.41, 5.74) is 1.29. The molecule has 0 radical (unpaired) electrons. The number of rotatable bonds is 3. The van der Waals surface area contributed by atoms with Crippen molar-refractivity contribution in [3.63, 3.8) is 0 Å². The number of hydrogen-bond acceptors (Lipinski definition) is 2. The fourth-order valence-electron chi connectivity index (χ4n) is 1.54. The topological polar surface area (TPSA) is 34.1 Å². The van der Waals surface area contributed by atoms with E-state index >= 15 is 0 Å². The summed E-state index contributed by atoms with van der Waals surface area (Å²) in [7, 11) is -3.11. The zero-order valence-corrected chi connectivity index (χ0v) is 9.33. The molecular weight excluding hydrogens is 208 g/mol. The van der Waals surface area contributed by atoms with E-state index in [2.05, 4.69) is 0 Å². The van der Waals surface area contributed by atoms with E-state index in [1.54, 1.807) is 24.3 Å². The molecule has 0 spiro atoms. The molecule has 1 fully saturated rings. The normalized spacial score (nSPS) is 15.9. The minimum absolute atomic E-state index is 0.145. The molecule has 80 valence electrons. The molecule has 0 atom stereocenters. The highest BCUT2D eigenvalue weighted by molar-refractivity contribution is 7.91. The summed E-state index contributed by atoms with van der Waals surface area (Å²) in [5, 5.41) is 0. The largest absolute Gasteiger partial charge is 0.223 e. The minimum atomic E-state index is -3.11. The zero-order valence-electron chi connectivity index (χ0n) is 8.52. The number of sulfone groups is 1. The van der Waals surface area contributed by atoms with Crippen LogP contribution in [0.15, 0.2) is 46.9 Å². The van der Waals surface area contributed by atoms with E-state index in [1.165, 1.54) is 12.0 Å². The smallest absolute Gasteiger partial charge is 0.181 e. The molecule has 1 aromatic carbocycles. The summed E-state index contributed by atoms with van der Waals surface area (Å²) in [6.07, 6.45) is 5.22. The first kappa shape index (κ1) is 10.4. The molecule has 0 heterocycles. The first-order chi connectivity index (χ1) is 7.18. The third-order valence-electron chi connectivity index (χ3n) is 2.69. The van der Waals surface area contributed by atoms with Crippen LogP contribution in [0.4, 0.5) is 0 Å². The Balaban J connectivity index is 2.13. The van der Waals surface area contributed by atoms with Crippen LogP contribution in [0.25, 0.3) is 0 Å². The van der Waals surface area contributed by atoms with Crippen molar-refractivity contribution in [3.05, 3.63) is 42.0 Å². The SMILES string of the molecule is O=S(=O)(CC=C1CCC1)c1ccccc1. The third kappa shape index (κ3) is 2.48. The van der Waals surface area contributed by atoms with E-state index in [0.717, 1.165) is 12.8 Å². The molecule has 3 heteroatoms. The Kier molecular flexibility index (Phi) is 2.91. The second-order valence-corrected chi connectivity index (χ2v) is 5.84. The van der Waals surface area contributed by atoms with Gasteiger partial charge in [-0.05, 0) is 31.4 Å².